The average Bonchev–Trinajstić information content (AvgIpc) is 3.20. The Balaban J connectivity index is 1.58. The van der Waals surface area contributed by atoms with Crippen molar-refractivity contribution in [3.63, 3.8) is 0 Å². The number of anilines is 1. The summed E-state index contributed by atoms with van der Waals surface area (Å²) >= 11 is 7.26. The summed E-state index contributed by atoms with van der Waals surface area (Å²) in [6, 6.07) is 16.1. The molecule has 3 aromatic rings. The summed E-state index contributed by atoms with van der Waals surface area (Å²) in [4.78, 5) is 39.3. The lowest BCUT2D eigenvalue weighted by atomic mass is 10.1. The molecule has 1 N–H and O–H groups in total. The lowest BCUT2D eigenvalue weighted by Crippen LogP contribution is -2.54. The van der Waals surface area contributed by atoms with Crippen molar-refractivity contribution in [2.75, 3.05) is 12.0 Å². The molecule has 1 aliphatic heterocycles. The van der Waals surface area contributed by atoms with E-state index in [0.717, 1.165) is 9.80 Å². The van der Waals surface area contributed by atoms with Gasteiger partial charge < -0.3 is 9.15 Å². The van der Waals surface area contributed by atoms with Gasteiger partial charge in [-0.25, -0.2) is 9.69 Å². The zero-order valence-electron chi connectivity index (χ0n) is 16.1. The van der Waals surface area contributed by atoms with Crippen LogP contribution in [0.25, 0.3) is 6.08 Å². The second kappa shape index (κ2) is 8.71. The Kier molecular flexibility index (Phi) is 5.83. The van der Waals surface area contributed by atoms with Gasteiger partial charge in [0.15, 0.2) is 5.09 Å². The predicted molar refractivity (Wildman–Crippen MR) is 116 cm³/mol. The Morgan fingerprint density at radius 2 is 1.71 bits per heavy atom. The van der Waals surface area contributed by atoms with Gasteiger partial charge in [-0.3, -0.25) is 14.9 Å². The molecule has 0 saturated carbocycles. The van der Waals surface area contributed by atoms with Crippen molar-refractivity contribution in [3.05, 3.63) is 77.0 Å². The van der Waals surface area contributed by atoms with Gasteiger partial charge in [0, 0.05) is 9.92 Å². The summed E-state index contributed by atoms with van der Waals surface area (Å²) in [5.41, 5.74) is 0.0907. The minimum Gasteiger partial charge on any atom is -0.497 e. The fourth-order valence-corrected chi connectivity index (χ4v) is 3.76. The van der Waals surface area contributed by atoms with Gasteiger partial charge in [-0.15, -0.1) is 0 Å². The van der Waals surface area contributed by atoms with Gasteiger partial charge in [-0.05, 0) is 66.7 Å². The smallest absolute Gasteiger partial charge is 0.335 e. The number of methoxy groups -OCH3 is 1. The maximum absolute atomic E-state index is 12.9. The highest BCUT2D eigenvalue weighted by Gasteiger charge is 2.37. The van der Waals surface area contributed by atoms with Crippen LogP contribution in [0.5, 0.6) is 5.75 Å². The van der Waals surface area contributed by atoms with Crippen LogP contribution in [0.1, 0.15) is 5.76 Å². The minimum absolute atomic E-state index is 0.215. The molecule has 4 amide bonds. The second-order valence-electron chi connectivity index (χ2n) is 6.37. The third-order valence-electron chi connectivity index (χ3n) is 4.35. The van der Waals surface area contributed by atoms with Crippen molar-refractivity contribution in [2.24, 2.45) is 0 Å². The molecule has 1 aromatic heterocycles. The van der Waals surface area contributed by atoms with Crippen molar-refractivity contribution in [1.82, 2.24) is 5.32 Å². The SMILES string of the molecule is COc1ccc(N2C(=O)NC(=O)/C(=C/c3ccc(Sc4ccc(Cl)cc4)o3)C2=O)cc1. The van der Waals surface area contributed by atoms with E-state index in [2.05, 4.69) is 5.32 Å². The number of barbiturate groups is 1. The molecule has 0 unspecified atom stereocenters. The van der Waals surface area contributed by atoms with Crippen molar-refractivity contribution in [3.8, 4) is 5.75 Å². The van der Waals surface area contributed by atoms with Crippen LogP contribution in [0.15, 0.2) is 80.6 Å². The van der Waals surface area contributed by atoms with E-state index in [-0.39, 0.29) is 5.57 Å². The normalized spacial score (nSPS) is 15.4. The molecular weight excluding hydrogens is 440 g/mol. The van der Waals surface area contributed by atoms with Crippen LogP contribution >= 0.6 is 23.4 Å². The average molecular weight is 455 g/mol. The number of amides is 4. The monoisotopic (exact) mass is 454 g/mol. The van der Waals surface area contributed by atoms with Crippen LogP contribution in [0.4, 0.5) is 10.5 Å². The molecule has 2 aromatic carbocycles. The maximum Gasteiger partial charge on any atom is 0.335 e. The molecule has 2 heterocycles. The number of carbonyl (C=O) groups is 3. The molecule has 0 bridgehead atoms. The van der Waals surface area contributed by atoms with E-state index < -0.39 is 17.8 Å². The van der Waals surface area contributed by atoms with Gasteiger partial charge in [-0.2, -0.15) is 0 Å². The molecule has 31 heavy (non-hydrogen) atoms. The number of halogens is 1. The molecule has 1 fully saturated rings. The Morgan fingerprint density at radius 3 is 2.39 bits per heavy atom. The molecule has 0 atom stereocenters. The summed E-state index contributed by atoms with van der Waals surface area (Å²) in [6.07, 6.45) is 1.31. The summed E-state index contributed by atoms with van der Waals surface area (Å²) in [6.45, 7) is 0. The molecule has 1 aliphatic rings. The maximum atomic E-state index is 12.9. The Labute approximate surface area is 186 Å². The van der Waals surface area contributed by atoms with E-state index in [1.807, 2.05) is 12.1 Å². The Morgan fingerprint density at radius 1 is 1.00 bits per heavy atom. The number of imide groups is 2. The van der Waals surface area contributed by atoms with Gasteiger partial charge in [0.2, 0.25) is 0 Å². The van der Waals surface area contributed by atoms with Gasteiger partial charge in [0.25, 0.3) is 11.8 Å². The zero-order valence-corrected chi connectivity index (χ0v) is 17.7. The molecule has 4 rings (SSSR count). The molecule has 0 spiro atoms. The second-order valence-corrected chi connectivity index (χ2v) is 7.88. The van der Waals surface area contributed by atoms with Crippen LogP contribution in [-0.4, -0.2) is 25.0 Å². The van der Waals surface area contributed by atoms with Gasteiger partial charge in [0.1, 0.15) is 17.1 Å². The number of carbonyl (C=O) groups excluding carboxylic acids is 3. The molecule has 0 radical (unpaired) electrons. The van der Waals surface area contributed by atoms with E-state index >= 15 is 0 Å². The van der Waals surface area contributed by atoms with Crippen LogP contribution < -0.4 is 15.0 Å². The first kappa shape index (κ1) is 20.8. The van der Waals surface area contributed by atoms with Crippen molar-refractivity contribution < 1.29 is 23.5 Å². The van der Waals surface area contributed by atoms with Crippen molar-refractivity contribution in [2.45, 2.75) is 9.99 Å². The van der Waals surface area contributed by atoms with E-state index in [4.69, 9.17) is 20.8 Å². The minimum atomic E-state index is -0.823. The summed E-state index contributed by atoms with van der Waals surface area (Å²) in [7, 11) is 1.51. The van der Waals surface area contributed by atoms with E-state index in [1.165, 1.54) is 24.9 Å². The van der Waals surface area contributed by atoms with E-state index in [1.54, 1.807) is 48.5 Å². The van der Waals surface area contributed by atoms with E-state index in [9.17, 15) is 14.4 Å². The number of rotatable bonds is 5. The first-order chi connectivity index (χ1) is 14.9. The molecule has 7 nitrogen and oxygen atoms in total. The molecule has 9 heteroatoms. The molecule has 1 saturated heterocycles. The number of urea groups is 1. The lowest BCUT2D eigenvalue weighted by Gasteiger charge is -2.26. The quantitative estimate of drug-likeness (QED) is 0.441. The zero-order chi connectivity index (χ0) is 22.0. The van der Waals surface area contributed by atoms with Gasteiger partial charge >= 0.3 is 6.03 Å². The van der Waals surface area contributed by atoms with Crippen molar-refractivity contribution in [1.29, 1.82) is 0 Å². The topological polar surface area (TPSA) is 88.8 Å². The standard InChI is InChI=1S/C22H15ClN2O5S/c1-29-15-6-4-14(5-7-15)25-21(27)18(20(26)24-22(25)28)12-16-8-11-19(30-16)31-17-9-2-13(23)3-10-17/h2-12H,1H3,(H,24,26,28)/b18-12-. The van der Waals surface area contributed by atoms with Crippen LogP contribution in [-0.2, 0) is 9.59 Å². The number of hydrogen-bond acceptors (Lipinski definition) is 6. The number of furan rings is 1. The fraction of sp³-hybridized carbons (Fsp3) is 0.0455. The lowest BCUT2D eigenvalue weighted by molar-refractivity contribution is -0.122. The molecule has 156 valence electrons. The number of nitrogens with zero attached hydrogens (tertiary/aromatic N) is 1. The number of nitrogens with one attached hydrogen (secondary N) is 1. The van der Waals surface area contributed by atoms with Gasteiger partial charge in [0.05, 0.1) is 12.8 Å². The third-order valence-corrected chi connectivity index (χ3v) is 5.53. The van der Waals surface area contributed by atoms with Crippen LogP contribution in [0.3, 0.4) is 0 Å². The highest BCUT2D eigenvalue weighted by molar-refractivity contribution is 7.99. The fourth-order valence-electron chi connectivity index (χ4n) is 2.85. The largest absolute Gasteiger partial charge is 0.497 e. The van der Waals surface area contributed by atoms with Crippen LogP contribution in [0, 0.1) is 0 Å². The van der Waals surface area contributed by atoms with E-state index in [0.29, 0.717) is 27.3 Å². The third kappa shape index (κ3) is 4.50. The van der Waals surface area contributed by atoms with Crippen LogP contribution in [0.2, 0.25) is 5.02 Å². The Hall–Kier alpha value is -3.49. The summed E-state index contributed by atoms with van der Waals surface area (Å²) < 4.78 is 10.8. The first-order valence-electron chi connectivity index (χ1n) is 9.03. The number of ether oxygens (including phenoxy) is 1. The molecular formula is C22H15ClN2O5S. The van der Waals surface area contributed by atoms with Gasteiger partial charge in [-0.1, -0.05) is 23.4 Å². The summed E-state index contributed by atoms with van der Waals surface area (Å²) in [5.74, 6) is -0.661. The molecule has 0 aliphatic carbocycles. The number of benzene rings is 2. The number of hydrogen-bond donors (Lipinski definition) is 1. The Bertz CT molecular complexity index is 1190. The van der Waals surface area contributed by atoms with Crippen molar-refractivity contribution >= 4 is 53.0 Å². The summed E-state index contributed by atoms with van der Waals surface area (Å²) in [5, 5.41) is 3.38. The predicted octanol–water partition coefficient (Wildman–Crippen LogP) is 4.76. The highest BCUT2D eigenvalue weighted by atomic mass is 35.5. The highest BCUT2D eigenvalue weighted by Crippen LogP contribution is 2.31. The first-order valence-corrected chi connectivity index (χ1v) is 10.2.